The Bertz CT molecular complexity index is 502. The van der Waals surface area contributed by atoms with Crippen molar-refractivity contribution in [1.82, 2.24) is 9.38 Å². The molecule has 2 aromatic rings. The molecule has 0 spiro atoms. The van der Waals surface area contributed by atoms with Gasteiger partial charge in [0.2, 0.25) is 0 Å². The highest BCUT2D eigenvalue weighted by Crippen LogP contribution is 2.18. The van der Waals surface area contributed by atoms with Gasteiger partial charge in [-0.1, -0.05) is 0 Å². The molecule has 15 heavy (non-hydrogen) atoms. The van der Waals surface area contributed by atoms with Crippen LogP contribution >= 0.6 is 11.3 Å². The monoisotopic (exact) mass is 225 g/mol. The van der Waals surface area contributed by atoms with Crippen molar-refractivity contribution in [3.63, 3.8) is 0 Å². The number of aromatic nitrogens is 2. The third-order valence-corrected chi connectivity index (χ3v) is 3.06. The minimum absolute atomic E-state index is 0.298. The summed E-state index contributed by atoms with van der Waals surface area (Å²) in [5.74, 6) is -0.989. The second-order valence-corrected chi connectivity index (χ2v) is 4.61. The summed E-state index contributed by atoms with van der Waals surface area (Å²) in [7, 11) is 0. The van der Waals surface area contributed by atoms with Crippen LogP contribution in [0.5, 0.6) is 0 Å². The van der Waals surface area contributed by atoms with E-state index in [9.17, 15) is 4.79 Å². The van der Waals surface area contributed by atoms with Gasteiger partial charge < -0.3 is 10.8 Å². The molecule has 2 rings (SSSR count). The van der Waals surface area contributed by atoms with Crippen LogP contribution < -0.4 is 5.73 Å². The topological polar surface area (TPSA) is 80.6 Å². The van der Waals surface area contributed by atoms with Crippen molar-refractivity contribution in [2.75, 3.05) is 0 Å². The Kier molecular flexibility index (Phi) is 2.45. The Hall–Kier alpha value is -1.40. The first kappa shape index (κ1) is 10.1. The quantitative estimate of drug-likeness (QED) is 0.804. The van der Waals surface area contributed by atoms with E-state index in [1.165, 1.54) is 0 Å². The number of aryl methyl sites for hydroxylation is 1. The van der Waals surface area contributed by atoms with Crippen LogP contribution in [0.2, 0.25) is 0 Å². The predicted molar refractivity (Wildman–Crippen MR) is 57.1 cm³/mol. The Balaban J connectivity index is 2.31. The second-order valence-electron chi connectivity index (χ2n) is 3.39. The Morgan fingerprint density at radius 3 is 3.20 bits per heavy atom. The summed E-state index contributed by atoms with van der Waals surface area (Å²) in [5.41, 5.74) is 6.31. The molecule has 0 saturated carbocycles. The van der Waals surface area contributed by atoms with E-state index in [-0.39, 0.29) is 0 Å². The molecule has 3 N–H and O–H groups in total. The first-order chi connectivity index (χ1) is 7.08. The van der Waals surface area contributed by atoms with Gasteiger partial charge in [-0.25, -0.2) is 4.98 Å². The highest BCUT2D eigenvalue weighted by Gasteiger charge is 2.15. The van der Waals surface area contributed by atoms with Crippen molar-refractivity contribution in [1.29, 1.82) is 0 Å². The first-order valence-corrected chi connectivity index (χ1v) is 5.30. The molecular weight excluding hydrogens is 214 g/mol. The van der Waals surface area contributed by atoms with Gasteiger partial charge >= 0.3 is 5.97 Å². The number of thiazole rings is 1. The van der Waals surface area contributed by atoms with E-state index in [2.05, 4.69) is 4.98 Å². The van der Waals surface area contributed by atoms with Crippen LogP contribution in [-0.2, 0) is 11.2 Å². The Morgan fingerprint density at radius 2 is 2.53 bits per heavy atom. The van der Waals surface area contributed by atoms with Crippen LogP contribution in [0.4, 0.5) is 0 Å². The molecule has 1 unspecified atom stereocenters. The maximum atomic E-state index is 10.6. The van der Waals surface area contributed by atoms with Crippen LogP contribution in [0.3, 0.4) is 0 Å². The fourth-order valence-electron chi connectivity index (χ4n) is 1.41. The predicted octanol–water partition coefficient (Wildman–Crippen LogP) is 0.659. The van der Waals surface area contributed by atoms with Crippen LogP contribution in [0, 0.1) is 6.92 Å². The van der Waals surface area contributed by atoms with E-state index >= 15 is 0 Å². The van der Waals surface area contributed by atoms with Crippen LogP contribution in [-0.4, -0.2) is 26.5 Å². The van der Waals surface area contributed by atoms with Crippen LogP contribution in [0.25, 0.3) is 4.96 Å². The number of nitrogens with two attached hydrogens (primary N) is 1. The number of nitrogens with zero attached hydrogens (tertiary/aromatic N) is 2. The zero-order chi connectivity index (χ0) is 11.0. The molecule has 0 aliphatic heterocycles. The highest BCUT2D eigenvalue weighted by atomic mass is 32.1. The minimum Gasteiger partial charge on any atom is -0.480 e. The second kappa shape index (κ2) is 3.63. The number of carbonyl (C=O) groups is 1. The first-order valence-electron chi connectivity index (χ1n) is 4.48. The molecule has 0 aliphatic carbocycles. The van der Waals surface area contributed by atoms with Crippen molar-refractivity contribution in [2.45, 2.75) is 19.4 Å². The Labute approximate surface area is 90.2 Å². The van der Waals surface area contributed by atoms with Crippen molar-refractivity contribution in [3.8, 4) is 0 Å². The zero-order valence-electron chi connectivity index (χ0n) is 8.17. The number of imidazole rings is 1. The molecule has 0 fully saturated rings. The summed E-state index contributed by atoms with van der Waals surface area (Å²) in [6, 6.07) is -0.870. The smallest absolute Gasteiger partial charge is 0.320 e. The molecule has 2 aromatic heterocycles. The zero-order valence-corrected chi connectivity index (χ0v) is 8.99. The molecule has 0 bridgehead atoms. The van der Waals surface area contributed by atoms with Crippen LogP contribution in [0.1, 0.15) is 10.6 Å². The van der Waals surface area contributed by atoms with Gasteiger partial charge in [-0.2, -0.15) is 0 Å². The molecule has 2 heterocycles. The summed E-state index contributed by atoms with van der Waals surface area (Å²) < 4.78 is 1.89. The summed E-state index contributed by atoms with van der Waals surface area (Å²) >= 11 is 1.57. The molecule has 0 radical (unpaired) electrons. The van der Waals surface area contributed by atoms with E-state index in [0.717, 1.165) is 15.5 Å². The highest BCUT2D eigenvalue weighted by molar-refractivity contribution is 7.16. The average molecular weight is 225 g/mol. The number of aliphatic carboxylic acids is 1. The minimum atomic E-state index is -0.989. The normalized spacial score (nSPS) is 13.2. The van der Waals surface area contributed by atoms with Crippen molar-refractivity contribution >= 4 is 22.3 Å². The summed E-state index contributed by atoms with van der Waals surface area (Å²) in [6.07, 6.45) is 3.91. The van der Waals surface area contributed by atoms with E-state index < -0.39 is 12.0 Å². The molecular formula is C9H11N3O2S. The maximum absolute atomic E-state index is 10.6. The van der Waals surface area contributed by atoms with E-state index in [4.69, 9.17) is 10.8 Å². The van der Waals surface area contributed by atoms with Gasteiger partial charge in [0.25, 0.3) is 0 Å². The summed E-state index contributed by atoms with van der Waals surface area (Å²) in [5, 5.41) is 8.71. The van der Waals surface area contributed by atoms with Gasteiger partial charge in [-0.3, -0.25) is 9.20 Å². The lowest BCUT2D eigenvalue weighted by molar-refractivity contribution is -0.138. The number of hydrogen-bond donors (Lipinski definition) is 2. The largest absolute Gasteiger partial charge is 0.480 e. The lowest BCUT2D eigenvalue weighted by Crippen LogP contribution is -2.32. The van der Waals surface area contributed by atoms with Gasteiger partial charge in [-0.05, 0) is 6.92 Å². The maximum Gasteiger partial charge on any atom is 0.320 e. The summed E-state index contributed by atoms with van der Waals surface area (Å²) in [6.45, 7) is 1.99. The lowest BCUT2D eigenvalue weighted by atomic mass is 10.2. The number of hydrogen-bond acceptors (Lipinski definition) is 4. The standard InChI is InChI=1S/C9H11N3O2S/c1-5-4-12-6(2-7(10)8(13)14)3-11-9(12)15-5/h3-4,7H,2,10H2,1H3,(H,13,14). The molecule has 1 atom stereocenters. The third-order valence-electron chi connectivity index (χ3n) is 2.15. The molecule has 5 nitrogen and oxygen atoms in total. The van der Waals surface area contributed by atoms with Gasteiger partial charge in [0, 0.05) is 23.2 Å². The fraction of sp³-hybridized carbons (Fsp3) is 0.333. The molecule has 0 aliphatic rings. The van der Waals surface area contributed by atoms with Gasteiger partial charge in [0.05, 0.1) is 6.20 Å². The molecule has 6 heteroatoms. The van der Waals surface area contributed by atoms with Crippen molar-refractivity contribution in [2.24, 2.45) is 5.73 Å². The van der Waals surface area contributed by atoms with Crippen molar-refractivity contribution < 1.29 is 9.90 Å². The fourth-order valence-corrected chi connectivity index (χ4v) is 2.23. The summed E-state index contributed by atoms with van der Waals surface area (Å²) in [4.78, 5) is 16.8. The number of carboxylic acids is 1. The molecule has 0 saturated heterocycles. The molecule has 80 valence electrons. The van der Waals surface area contributed by atoms with Gasteiger partial charge in [0.15, 0.2) is 4.96 Å². The van der Waals surface area contributed by atoms with Gasteiger partial charge in [-0.15, -0.1) is 11.3 Å². The van der Waals surface area contributed by atoms with Gasteiger partial charge in [0.1, 0.15) is 6.04 Å². The van der Waals surface area contributed by atoms with E-state index in [1.807, 2.05) is 17.5 Å². The number of fused-ring (bicyclic) bond motifs is 1. The number of carboxylic acid groups (broad SMARTS) is 1. The third kappa shape index (κ3) is 1.86. The molecule has 0 aromatic carbocycles. The van der Waals surface area contributed by atoms with E-state index in [0.29, 0.717) is 6.42 Å². The Morgan fingerprint density at radius 1 is 1.80 bits per heavy atom. The lowest BCUT2D eigenvalue weighted by Gasteiger charge is -2.04. The van der Waals surface area contributed by atoms with Crippen molar-refractivity contribution in [3.05, 3.63) is 23.0 Å². The SMILES string of the molecule is Cc1cn2c(CC(N)C(=O)O)cnc2s1. The van der Waals surface area contributed by atoms with Crippen LogP contribution in [0.15, 0.2) is 12.4 Å². The molecule has 0 amide bonds. The average Bonchev–Trinajstić information content (AvgIpc) is 2.66. The number of rotatable bonds is 3. The van der Waals surface area contributed by atoms with E-state index in [1.54, 1.807) is 17.5 Å².